The van der Waals surface area contributed by atoms with Crippen molar-refractivity contribution in [2.24, 2.45) is 5.92 Å². The molecule has 5 nitrogen and oxygen atoms in total. The highest BCUT2D eigenvalue weighted by atomic mass is 32.2. The summed E-state index contributed by atoms with van der Waals surface area (Å²) in [5.41, 5.74) is 0. The highest BCUT2D eigenvalue weighted by Gasteiger charge is 2.42. The second kappa shape index (κ2) is 6.33. The van der Waals surface area contributed by atoms with Crippen LogP contribution in [0.3, 0.4) is 0 Å². The van der Waals surface area contributed by atoms with Gasteiger partial charge in [-0.15, -0.1) is 0 Å². The first-order valence-corrected chi connectivity index (χ1v) is 8.68. The number of hydrogen-bond donors (Lipinski definition) is 0. The van der Waals surface area contributed by atoms with Crippen molar-refractivity contribution < 1.29 is 17.9 Å². The van der Waals surface area contributed by atoms with E-state index in [0.717, 1.165) is 25.7 Å². The lowest BCUT2D eigenvalue weighted by Crippen LogP contribution is -2.42. The molecule has 19 heavy (non-hydrogen) atoms. The summed E-state index contributed by atoms with van der Waals surface area (Å²) >= 11 is 0. The largest absolute Gasteiger partial charge is 0.385 e. The molecule has 1 saturated heterocycles. The van der Waals surface area contributed by atoms with Crippen LogP contribution < -0.4 is 0 Å². The number of ether oxygens (including phenoxy) is 1. The van der Waals surface area contributed by atoms with Crippen LogP contribution in [0.15, 0.2) is 0 Å². The van der Waals surface area contributed by atoms with E-state index in [1.807, 2.05) is 0 Å². The van der Waals surface area contributed by atoms with Crippen LogP contribution in [0.1, 0.15) is 38.5 Å². The molecule has 1 aliphatic heterocycles. The van der Waals surface area contributed by atoms with Crippen LogP contribution in [0, 0.1) is 5.92 Å². The molecule has 0 N–H and O–H groups in total. The maximum absolute atomic E-state index is 12.3. The fraction of sp³-hybridized carbons (Fsp3) is 0.923. The molecule has 1 aliphatic carbocycles. The number of ketones is 1. The number of hydrogen-bond acceptors (Lipinski definition) is 4. The predicted molar refractivity (Wildman–Crippen MR) is 72.4 cm³/mol. The molecule has 2 rings (SSSR count). The molecule has 2 unspecified atom stereocenters. The Morgan fingerprint density at radius 3 is 2.74 bits per heavy atom. The lowest BCUT2D eigenvalue weighted by atomic mass is 9.96. The van der Waals surface area contributed by atoms with Gasteiger partial charge in [-0.05, 0) is 32.1 Å². The van der Waals surface area contributed by atoms with E-state index >= 15 is 0 Å². The molecule has 1 heterocycles. The molecule has 0 aromatic carbocycles. The summed E-state index contributed by atoms with van der Waals surface area (Å²) in [6, 6.07) is -0.0810. The minimum atomic E-state index is -3.24. The number of methoxy groups -OCH3 is 1. The molecule has 2 fully saturated rings. The van der Waals surface area contributed by atoms with Crippen molar-refractivity contribution in [3.63, 3.8) is 0 Å². The molecule has 0 aromatic rings. The van der Waals surface area contributed by atoms with Crippen molar-refractivity contribution in [1.82, 2.24) is 4.31 Å². The molecule has 0 bridgehead atoms. The topological polar surface area (TPSA) is 63.7 Å². The van der Waals surface area contributed by atoms with Gasteiger partial charge in [0.1, 0.15) is 5.78 Å². The molecule has 0 amide bonds. The van der Waals surface area contributed by atoms with E-state index in [9.17, 15) is 13.2 Å². The Hall–Kier alpha value is -0.460. The zero-order valence-electron chi connectivity index (χ0n) is 11.5. The second-order valence-electron chi connectivity index (χ2n) is 5.45. The lowest BCUT2D eigenvalue weighted by molar-refractivity contribution is -0.121. The van der Waals surface area contributed by atoms with Crippen molar-refractivity contribution in [3.05, 3.63) is 0 Å². The fourth-order valence-corrected chi connectivity index (χ4v) is 5.06. The van der Waals surface area contributed by atoms with E-state index < -0.39 is 10.0 Å². The van der Waals surface area contributed by atoms with E-state index in [-0.39, 0.29) is 23.5 Å². The molecule has 110 valence electrons. The van der Waals surface area contributed by atoms with Gasteiger partial charge in [-0.25, -0.2) is 8.42 Å². The van der Waals surface area contributed by atoms with E-state index in [2.05, 4.69) is 0 Å². The summed E-state index contributed by atoms with van der Waals surface area (Å²) in [5, 5.41) is 0. The third-order valence-corrected chi connectivity index (χ3v) is 6.15. The molecule has 1 saturated carbocycles. The van der Waals surface area contributed by atoms with Gasteiger partial charge in [-0.3, -0.25) is 4.79 Å². The average molecular weight is 289 g/mol. The third kappa shape index (κ3) is 3.35. The Kier molecular flexibility index (Phi) is 4.97. The summed E-state index contributed by atoms with van der Waals surface area (Å²) in [5.74, 6) is 0.321. The van der Waals surface area contributed by atoms with E-state index in [4.69, 9.17) is 4.74 Å². The van der Waals surface area contributed by atoms with Crippen LogP contribution >= 0.6 is 0 Å². The molecule has 2 aliphatic rings. The van der Waals surface area contributed by atoms with Gasteiger partial charge in [0.05, 0.1) is 5.75 Å². The summed E-state index contributed by atoms with van der Waals surface area (Å²) < 4.78 is 31.2. The molecule has 0 aromatic heterocycles. The van der Waals surface area contributed by atoms with E-state index in [1.165, 1.54) is 0 Å². The lowest BCUT2D eigenvalue weighted by Gasteiger charge is -2.27. The van der Waals surface area contributed by atoms with Crippen molar-refractivity contribution in [2.75, 3.05) is 26.0 Å². The molecule has 0 radical (unpaired) electrons. The van der Waals surface area contributed by atoms with Gasteiger partial charge in [-0.1, -0.05) is 0 Å². The number of carbonyl (C=O) groups is 1. The Bertz CT molecular complexity index is 420. The number of sulfonamides is 1. The minimum Gasteiger partial charge on any atom is -0.385 e. The van der Waals surface area contributed by atoms with Crippen LogP contribution in [0.4, 0.5) is 0 Å². The highest BCUT2D eigenvalue weighted by Crippen LogP contribution is 2.34. The Balaban J connectivity index is 2.03. The van der Waals surface area contributed by atoms with Gasteiger partial charge in [0.15, 0.2) is 0 Å². The number of Topliss-reactive ketones (excluding diaryl/α,β-unsaturated/α-hetero) is 1. The van der Waals surface area contributed by atoms with Gasteiger partial charge >= 0.3 is 0 Å². The van der Waals surface area contributed by atoms with Crippen LogP contribution in [0.5, 0.6) is 0 Å². The molecule has 0 spiro atoms. The molecular formula is C13H23NO4S. The van der Waals surface area contributed by atoms with Crippen LogP contribution in [0.25, 0.3) is 0 Å². The van der Waals surface area contributed by atoms with Crippen molar-refractivity contribution in [2.45, 2.75) is 44.6 Å². The average Bonchev–Trinajstić information content (AvgIpc) is 2.97. The minimum absolute atomic E-state index is 0.0558. The molecule has 6 heteroatoms. The number of nitrogens with zero attached hydrogens (tertiary/aromatic N) is 1. The standard InChI is InChI=1S/C13H23NO4S/c1-18-9-4-10-19(16,17)14-8-3-6-12(14)11-5-2-7-13(11)15/h11-12H,2-10H2,1H3. The number of carbonyl (C=O) groups excluding carboxylic acids is 1. The Morgan fingerprint density at radius 2 is 2.11 bits per heavy atom. The normalized spacial score (nSPS) is 29.2. The SMILES string of the molecule is COCCCS(=O)(=O)N1CCCC1C1CCCC1=O. The zero-order valence-corrected chi connectivity index (χ0v) is 12.3. The van der Waals surface area contributed by atoms with Gasteiger partial charge in [0, 0.05) is 38.6 Å². The monoisotopic (exact) mass is 289 g/mol. The van der Waals surface area contributed by atoms with Crippen LogP contribution in [-0.2, 0) is 19.6 Å². The Labute approximate surface area is 115 Å². The first kappa shape index (κ1) is 14.9. The smallest absolute Gasteiger partial charge is 0.214 e. The molecule has 2 atom stereocenters. The van der Waals surface area contributed by atoms with Gasteiger partial charge < -0.3 is 4.74 Å². The van der Waals surface area contributed by atoms with Gasteiger partial charge in [-0.2, -0.15) is 4.31 Å². The maximum atomic E-state index is 12.3. The highest BCUT2D eigenvalue weighted by molar-refractivity contribution is 7.89. The fourth-order valence-electron chi connectivity index (χ4n) is 3.27. The van der Waals surface area contributed by atoms with Gasteiger partial charge in [0.2, 0.25) is 10.0 Å². The van der Waals surface area contributed by atoms with Crippen LogP contribution in [-0.4, -0.2) is 50.6 Å². The van der Waals surface area contributed by atoms with Gasteiger partial charge in [0.25, 0.3) is 0 Å². The second-order valence-corrected chi connectivity index (χ2v) is 7.49. The Morgan fingerprint density at radius 1 is 1.32 bits per heavy atom. The van der Waals surface area contributed by atoms with Crippen molar-refractivity contribution in [1.29, 1.82) is 0 Å². The summed E-state index contributed by atoms with van der Waals surface area (Å²) in [6.45, 7) is 1.03. The quantitative estimate of drug-likeness (QED) is 0.689. The van der Waals surface area contributed by atoms with Crippen molar-refractivity contribution in [3.8, 4) is 0 Å². The summed E-state index contributed by atoms with van der Waals surface area (Å²) in [4.78, 5) is 11.9. The van der Waals surface area contributed by atoms with Crippen LogP contribution in [0.2, 0.25) is 0 Å². The van der Waals surface area contributed by atoms with E-state index in [1.54, 1.807) is 11.4 Å². The maximum Gasteiger partial charge on any atom is 0.214 e. The molecular weight excluding hydrogens is 266 g/mol. The first-order chi connectivity index (χ1) is 9.06. The van der Waals surface area contributed by atoms with Crippen molar-refractivity contribution >= 4 is 15.8 Å². The summed E-state index contributed by atoms with van der Waals surface area (Å²) in [6.07, 6.45) is 4.61. The summed E-state index contributed by atoms with van der Waals surface area (Å²) in [7, 11) is -1.67. The first-order valence-electron chi connectivity index (χ1n) is 7.07. The number of rotatable bonds is 6. The predicted octanol–water partition coefficient (Wildman–Crippen LogP) is 1.19. The zero-order chi connectivity index (χ0) is 13.9. The van der Waals surface area contributed by atoms with E-state index in [0.29, 0.717) is 26.0 Å². The third-order valence-electron chi connectivity index (χ3n) is 4.17.